The molecule has 3 N–H and O–H groups in total. The van der Waals surface area contributed by atoms with Gasteiger partial charge in [-0.1, -0.05) is 37.6 Å². The van der Waals surface area contributed by atoms with E-state index in [1.165, 1.54) is 12.8 Å². The molecule has 0 spiro atoms. The van der Waals surface area contributed by atoms with Crippen molar-refractivity contribution in [2.75, 3.05) is 16.8 Å². The van der Waals surface area contributed by atoms with E-state index in [0.29, 0.717) is 17.5 Å². The maximum absolute atomic E-state index is 5.74. The van der Waals surface area contributed by atoms with E-state index < -0.39 is 0 Å². The van der Waals surface area contributed by atoms with Crippen LogP contribution in [0.2, 0.25) is 0 Å². The van der Waals surface area contributed by atoms with Gasteiger partial charge in [0.25, 0.3) is 0 Å². The lowest BCUT2D eigenvalue weighted by Gasteiger charge is -2.06. The Morgan fingerprint density at radius 3 is 2.86 bits per heavy atom. The quantitative estimate of drug-likeness (QED) is 0.572. The molecule has 2 heterocycles. The largest absolute Gasteiger partial charge is 0.368 e. The van der Waals surface area contributed by atoms with Gasteiger partial charge in [0.15, 0.2) is 11.0 Å². The molecule has 6 nitrogen and oxygen atoms in total. The number of nitrogens with zero attached hydrogens (tertiary/aromatic N) is 4. The van der Waals surface area contributed by atoms with Gasteiger partial charge in [-0.05, 0) is 18.6 Å². The topological polar surface area (TPSA) is 89.6 Å². The molecule has 0 atom stereocenters. The Kier molecular flexibility index (Phi) is 6.21. The van der Waals surface area contributed by atoms with Gasteiger partial charge in [0, 0.05) is 11.9 Å². The number of hydrogen-bond acceptors (Lipinski definition) is 7. The lowest BCUT2D eigenvalue weighted by Crippen LogP contribution is -2.09. The van der Waals surface area contributed by atoms with Crippen molar-refractivity contribution in [3.05, 3.63) is 30.2 Å². The Labute approximate surface area is 129 Å². The van der Waals surface area contributed by atoms with Gasteiger partial charge in [-0.3, -0.25) is 0 Å². The molecule has 2 aromatic rings. The number of pyridine rings is 1. The molecular formula is C14H20N6S. The summed E-state index contributed by atoms with van der Waals surface area (Å²) in [6, 6.07) is 5.69. The summed E-state index contributed by atoms with van der Waals surface area (Å²) in [6.07, 6.45) is 5.33. The van der Waals surface area contributed by atoms with Crippen LogP contribution in [-0.4, -0.2) is 25.7 Å². The number of nitrogens with two attached hydrogens (primary N) is 1. The molecule has 112 valence electrons. The van der Waals surface area contributed by atoms with E-state index in [9.17, 15) is 0 Å². The summed E-state index contributed by atoms with van der Waals surface area (Å²) in [5.74, 6) is 2.69. The number of aromatic nitrogens is 4. The van der Waals surface area contributed by atoms with E-state index in [0.717, 1.165) is 18.0 Å². The Hall–Kier alpha value is -1.89. The number of hydrogen-bond donors (Lipinski definition) is 2. The van der Waals surface area contributed by atoms with Gasteiger partial charge in [0.2, 0.25) is 5.95 Å². The van der Waals surface area contributed by atoms with Gasteiger partial charge >= 0.3 is 0 Å². The van der Waals surface area contributed by atoms with Crippen LogP contribution in [-0.2, 0) is 6.54 Å². The Morgan fingerprint density at radius 2 is 2.10 bits per heavy atom. The Morgan fingerprint density at radius 1 is 1.19 bits per heavy atom. The molecule has 0 aliphatic heterocycles. The third-order valence-corrected chi connectivity index (χ3v) is 3.68. The second-order valence-electron chi connectivity index (χ2n) is 4.52. The molecule has 0 radical (unpaired) electrons. The van der Waals surface area contributed by atoms with Crippen molar-refractivity contribution >= 4 is 23.5 Å². The van der Waals surface area contributed by atoms with Gasteiger partial charge in [-0.15, -0.1) is 0 Å². The van der Waals surface area contributed by atoms with Crippen molar-refractivity contribution < 1.29 is 0 Å². The minimum Gasteiger partial charge on any atom is -0.368 e. The van der Waals surface area contributed by atoms with Crippen LogP contribution in [0.1, 0.15) is 32.0 Å². The first-order chi connectivity index (χ1) is 10.3. The van der Waals surface area contributed by atoms with Gasteiger partial charge in [0.1, 0.15) is 5.82 Å². The van der Waals surface area contributed by atoms with Crippen LogP contribution in [0, 0.1) is 0 Å². The molecule has 0 saturated carbocycles. The smallest absolute Gasteiger partial charge is 0.224 e. The van der Waals surface area contributed by atoms with E-state index >= 15 is 0 Å². The summed E-state index contributed by atoms with van der Waals surface area (Å²) in [4.78, 5) is 16.9. The fraction of sp³-hybridized carbons (Fsp3) is 0.429. The monoisotopic (exact) mass is 304 g/mol. The average Bonchev–Trinajstić information content (AvgIpc) is 2.50. The molecule has 0 bridgehead atoms. The number of anilines is 2. The Balaban J connectivity index is 1.91. The lowest BCUT2D eigenvalue weighted by molar-refractivity contribution is 0.774. The third kappa shape index (κ3) is 5.55. The maximum Gasteiger partial charge on any atom is 0.224 e. The normalized spacial score (nSPS) is 10.5. The molecule has 0 aliphatic rings. The fourth-order valence-corrected chi connectivity index (χ4v) is 2.57. The predicted octanol–water partition coefficient (Wildman–Crippen LogP) is 2.74. The summed E-state index contributed by atoms with van der Waals surface area (Å²) in [5, 5.41) is 3.85. The lowest BCUT2D eigenvalue weighted by atomic mass is 10.3. The number of nitrogen functional groups attached to an aromatic ring is 1. The molecular weight excluding hydrogens is 284 g/mol. The zero-order valence-corrected chi connectivity index (χ0v) is 12.9. The second kappa shape index (κ2) is 8.41. The van der Waals surface area contributed by atoms with Crippen molar-refractivity contribution in [2.24, 2.45) is 0 Å². The number of rotatable bonds is 8. The first-order valence-corrected chi connectivity index (χ1v) is 8.04. The van der Waals surface area contributed by atoms with E-state index in [1.54, 1.807) is 18.0 Å². The van der Waals surface area contributed by atoms with Crippen molar-refractivity contribution in [3.63, 3.8) is 0 Å². The highest BCUT2D eigenvalue weighted by Gasteiger charge is 2.05. The van der Waals surface area contributed by atoms with Crippen LogP contribution < -0.4 is 11.1 Å². The molecule has 0 aromatic carbocycles. The van der Waals surface area contributed by atoms with Gasteiger partial charge in [-0.25, -0.2) is 9.97 Å². The molecule has 7 heteroatoms. The highest BCUT2D eigenvalue weighted by molar-refractivity contribution is 7.99. The molecule has 0 saturated heterocycles. The highest BCUT2D eigenvalue weighted by Crippen LogP contribution is 2.16. The number of thioether (sulfide) groups is 1. The van der Waals surface area contributed by atoms with Crippen LogP contribution in [0.5, 0.6) is 0 Å². The molecule has 21 heavy (non-hydrogen) atoms. The van der Waals surface area contributed by atoms with E-state index in [2.05, 4.69) is 32.2 Å². The summed E-state index contributed by atoms with van der Waals surface area (Å²) in [7, 11) is 0. The number of nitrogens with one attached hydrogen (secondary N) is 1. The van der Waals surface area contributed by atoms with Crippen molar-refractivity contribution in [1.82, 2.24) is 19.9 Å². The van der Waals surface area contributed by atoms with Gasteiger partial charge < -0.3 is 11.1 Å². The average molecular weight is 304 g/mol. The van der Waals surface area contributed by atoms with Gasteiger partial charge in [-0.2, -0.15) is 9.97 Å². The zero-order chi connectivity index (χ0) is 14.9. The van der Waals surface area contributed by atoms with Crippen LogP contribution >= 0.6 is 11.8 Å². The standard InChI is InChI=1S/C14H20N6S/c1-2-3-6-9-21-14-19-12(18-13(15)20-14)10-17-11-7-4-5-8-16-11/h4-5,7-8H,2-3,6,9-10H2,1H3,(H,16,17)(H2,15,18,19,20). The summed E-state index contributed by atoms with van der Waals surface area (Å²) < 4.78 is 0. The highest BCUT2D eigenvalue weighted by atomic mass is 32.2. The molecule has 0 unspecified atom stereocenters. The number of unbranched alkanes of at least 4 members (excludes halogenated alkanes) is 2. The minimum atomic E-state index is 0.265. The van der Waals surface area contributed by atoms with Crippen LogP contribution in [0.4, 0.5) is 11.8 Å². The van der Waals surface area contributed by atoms with Crippen molar-refractivity contribution in [2.45, 2.75) is 37.9 Å². The van der Waals surface area contributed by atoms with E-state index in [-0.39, 0.29) is 5.95 Å². The fourth-order valence-electron chi connectivity index (χ4n) is 1.71. The SMILES string of the molecule is CCCCCSc1nc(N)nc(CNc2ccccn2)n1. The van der Waals surface area contributed by atoms with E-state index in [4.69, 9.17) is 5.73 Å². The summed E-state index contributed by atoms with van der Waals surface area (Å²) >= 11 is 1.62. The molecule has 2 aromatic heterocycles. The Bertz CT molecular complexity index is 548. The molecule has 0 aliphatic carbocycles. The first kappa shape index (κ1) is 15.5. The van der Waals surface area contributed by atoms with Crippen LogP contribution in [0.3, 0.4) is 0 Å². The molecule has 2 rings (SSSR count). The second-order valence-corrected chi connectivity index (χ2v) is 5.58. The first-order valence-electron chi connectivity index (χ1n) is 7.06. The van der Waals surface area contributed by atoms with Crippen molar-refractivity contribution in [1.29, 1.82) is 0 Å². The minimum absolute atomic E-state index is 0.265. The summed E-state index contributed by atoms with van der Waals surface area (Å²) in [6.45, 7) is 2.67. The zero-order valence-electron chi connectivity index (χ0n) is 12.1. The van der Waals surface area contributed by atoms with Crippen molar-refractivity contribution in [3.8, 4) is 0 Å². The van der Waals surface area contributed by atoms with Gasteiger partial charge in [0.05, 0.1) is 6.54 Å². The summed E-state index contributed by atoms with van der Waals surface area (Å²) in [5.41, 5.74) is 5.74. The van der Waals surface area contributed by atoms with Crippen LogP contribution in [0.15, 0.2) is 29.6 Å². The molecule has 0 fully saturated rings. The van der Waals surface area contributed by atoms with Crippen LogP contribution in [0.25, 0.3) is 0 Å². The maximum atomic E-state index is 5.74. The predicted molar refractivity (Wildman–Crippen MR) is 86.1 cm³/mol. The van der Waals surface area contributed by atoms with E-state index in [1.807, 2.05) is 18.2 Å². The molecule has 0 amide bonds. The third-order valence-electron chi connectivity index (χ3n) is 2.75.